The van der Waals surface area contributed by atoms with Crippen LogP contribution in [-0.4, -0.2) is 47.8 Å². The maximum absolute atomic E-state index is 11.8. The van der Waals surface area contributed by atoms with Crippen molar-refractivity contribution in [3.8, 4) is 0 Å². The molecule has 0 aliphatic rings. The standard InChI is InChI=1S/C10H18N4O.ClH/c1-4-14-8-9(7-12-14)10(15)13(3)6-5-11-2;/h7-8,11H,4-6H2,1-3H3;1H. The van der Waals surface area contributed by atoms with Crippen LogP contribution in [0.3, 0.4) is 0 Å². The van der Waals surface area contributed by atoms with Crippen molar-refractivity contribution in [3.05, 3.63) is 18.0 Å². The summed E-state index contributed by atoms with van der Waals surface area (Å²) >= 11 is 0. The van der Waals surface area contributed by atoms with Gasteiger partial charge in [-0.3, -0.25) is 9.48 Å². The summed E-state index contributed by atoms with van der Waals surface area (Å²) < 4.78 is 1.75. The van der Waals surface area contributed by atoms with Crippen LogP contribution in [0, 0.1) is 0 Å². The van der Waals surface area contributed by atoms with Crippen LogP contribution < -0.4 is 5.32 Å². The monoisotopic (exact) mass is 246 g/mol. The van der Waals surface area contributed by atoms with Gasteiger partial charge in [0.1, 0.15) is 0 Å². The van der Waals surface area contributed by atoms with Crippen molar-refractivity contribution in [2.24, 2.45) is 0 Å². The molecule has 0 aliphatic carbocycles. The Morgan fingerprint density at radius 1 is 1.62 bits per heavy atom. The zero-order chi connectivity index (χ0) is 11.3. The fourth-order valence-corrected chi connectivity index (χ4v) is 1.25. The Morgan fingerprint density at radius 3 is 2.81 bits per heavy atom. The molecule has 6 heteroatoms. The number of carbonyl (C=O) groups excluding carboxylic acids is 1. The number of carbonyl (C=O) groups is 1. The van der Waals surface area contributed by atoms with Gasteiger partial charge in [-0.2, -0.15) is 5.10 Å². The molecule has 1 aromatic heterocycles. The quantitative estimate of drug-likeness (QED) is 0.829. The predicted molar refractivity (Wildman–Crippen MR) is 66.0 cm³/mol. The van der Waals surface area contributed by atoms with E-state index in [4.69, 9.17) is 0 Å². The molecule has 0 aromatic carbocycles. The molecule has 5 nitrogen and oxygen atoms in total. The van der Waals surface area contributed by atoms with Gasteiger partial charge in [0, 0.05) is 32.9 Å². The number of nitrogens with zero attached hydrogens (tertiary/aromatic N) is 3. The largest absolute Gasteiger partial charge is 0.340 e. The van der Waals surface area contributed by atoms with E-state index in [2.05, 4.69) is 10.4 Å². The number of hydrogen-bond acceptors (Lipinski definition) is 3. The van der Waals surface area contributed by atoms with Crippen LogP contribution in [-0.2, 0) is 6.54 Å². The Balaban J connectivity index is 0.00000225. The van der Waals surface area contributed by atoms with Crippen LogP contribution in [0.4, 0.5) is 0 Å². The lowest BCUT2D eigenvalue weighted by Crippen LogP contribution is -2.32. The van der Waals surface area contributed by atoms with Gasteiger partial charge in [-0.05, 0) is 14.0 Å². The van der Waals surface area contributed by atoms with E-state index in [0.29, 0.717) is 12.1 Å². The smallest absolute Gasteiger partial charge is 0.256 e. The summed E-state index contributed by atoms with van der Waals surface area (Å²) in [6.45, 7) is 4.27. The average Bonchev–Trinajstić information content (AvgIpc) is 2.73. The summed E-state index contributed by atoms with van der Waals surface area (Å²) in [5.41, 5.74) is 0.649. The van der Waals surface area contributed by atoms with Gasteiger partial charge < -0.3 is 10.2 Å². The number of likely N-dealkylation sites (N-methyl/N-ethyl adjacent to an activating group) is 2. The predicted octanol–water partition coefficient (Wildman–Crippen LogP) is 0.616. The maximum Gasteiger partial charge on any atom is 0.256 e. The van der Waals surface area contributed by atoms with Crippen molar-refractivity contribution in [2.75, 3.05) is 27.2 Å². The summed E-state index contributed by atoms with van der Waals surface area (Å²) in [6.07, 6.45) is 3.39. The fraction of sp³-hybridized carbons (Fsp3) is 0.600. The molecule has 0 aliphatic heterocycles. The summed E-state index contributed by atoms with van der Waals surface area (Å²) in [4.78, 5) is 13.5. The van der Waals surface area contributed by atoms with Crippen LogP contribution in [0.1, 0.15) is 17.3 Å². The van der Waals surface area contributed by atoms with Crippen LogP contribution >= 0.6 is 12.4 Å². The van der Waals surface area contributed by atoms with Crippen LogP contribution in [0.2, 0.25) is 0 Å². The first kappa shape index (κ1) is 14.9. The van der Waals surface area contributed by atoms with Gasteiger partial charge in [0.05, 0.1) is 11.8 Å². The topological polar surface area (TPSA) is 50.2 Å². The molecule has 0 bridgehead atoms. The van der Waals surface area contributed by atoms with Crippen LogP contribution in [0.15, 0.2) is 12.4 Å². The highest BCUT2D eigenvalue weighted by Crippen LogP contribution is 2.01. The van der Waals surface area contributed by atoms with E-state index < -0.39 is 0 Å². The zero-order valence-electron chi connectivity index (χ0n) is 9.93. The third-order valence-corrected chi connectivity index (χ3v) is 2.25. The van der Waals surface area contributed by atoms with Gasteiger partial charge in [0.25, 0.3) is 5.91 Å². The summed E-state index contributed by atoms with van der Waals surface area (Å²) in [5.74, 6) is 0.0185. The molecule has 1 rings (SSSR count). The second-order valence-electron chi connectivity index (χ2n) is 3.41. The zero-order valence-corrected chi connectivity index (χ0v) is 10.8. The Kier molecular flexibility index (Phi) is 6.76. The molecular weight excluding hydrogens is 228 g/mol. The minimum absolute atomic E-state index is 0. The minimum atomic E-state index is 0. The number of nitrogens with one attached hydrogen (secondary N) is 1. The summed E-state index contributed by atoms with van der Waals surface area (Å²) in [6, 6.07) is 0. The van der Waals surface area contributed by atoms with Gasteiger partial charge in [-0.15, -0.1) is 12.4 Å². The van der Waals surface area contributed by atoms with Crippen LogP contribution in [0.25, 0.3) is 0 Å². The van der Waals surface area contributed by atoms with E-state index in [1.54, 1.807) is 29.0 Å². The average molecular weight is 247 g/mol. The number of rotatable bonds is 5. The van der Waals surface area contributed by atoms with E-state index in [0.717, 1.165) is 13.1 Å². The maximum atomic E-state index is 11.8. The molecule has 0 saturated heterocycles. The van der Waals surface area contributed by atoms with E-state index >= 15 is 0 Å². The van der Waals surface area contributed by atoms with Crippen molar-refractivity contribution < 1.29 is 4.79 Å². The van der Waals surface area contributed by atoms with Gasteiger partial charge >= 0.3 is 0 Å². The van der Waals surface area contributed by atoms with Gasteiger partial charge in [0.2, 0.25) is 0 Å². The normalized spacial score (nSPS) is 9.69. The first-order chi connectivity index (χ1) is 7.19. The molecule has 0 saturated carbocycles. The molecule has 1 aromatic rings. The molecule has 92 valence electrons. The Morgan fingerprint density at radius 2 is 2.31 bits per heavy atom. The Labute approximate surface area is 102 Å². The highest BCUT2D eigenvalue weighted by Gasteiger charge is 2.12. The lowest BCUT2D eigenvalue weighted by molar-refractivity contribution is 0.0797. The Hall–Kier alpha value is -1.07. The molecule has 1 heterocycles. The first-order valence-corrected chi connectivity index (χ1v) is 5.11. The molecule has 0 atom stereocenters. The van der Waals surface area contributed by atoms with Gasteiger partial charge in [0.15, 0.2) is 0 Å². The lowest BCUT2D eigenvalue weighted by Gasteiger charge is -2.15. The molecule has 16 heavy (non-hydrogen) atoms. The third kappa shape index (κ3) is 3.83. The molecular formula is C10H19ClN4O. The van der Waals surface area contributed by atoms with Crippen molar-refractivity contribution in [3.63, 3.8) is 0 Å². The van der Waals surface area contributed by atoms with Crippen molar-refractivity contribution in [1.82, 2.24) is 20.0 Å². The highest BCUT2D eigenvalue weighted by molar-refractivity contribution is 5.93. The number of halogens is 1. The molecule has 1 amide bonds. The molecule has 0 unspecified atom stereocenters. The summed E-state index contributed by atoms with van der Waals surface area (Å²) in [7, 11) is 3.66. The van der Waals surface area contributed by atoms with Crippen molar-refractivity contribution >= 4 is 18.3 Å². The van der Waals surface area contributed by atoms with Crippen molar-refractivity contribution in [2.45, 2.75) is 13.5 Å². The second-order valence-corrected chi connectivity index (χ2v) is 3.41. The highest BCUT2D eigenvalue weighted by atomic mass is 35.5. The number of aromatic nitrogens is 2. The molecule has 0 fully saturated rings. The fourth-order valence-electron chi connectivity index (χ4n) is 1.25. The number of aryl methyl sites for hydroxylation is 1. The van der Waals surface area contributed by atoms with Crippen LogP contribution in [0.5, 0.6) is 0 Å². The number of amides is 1. The SMILES string of the molecule is CCn1cc(C(=O)N(C)CCNC)cn1.Cl. The molecule has 0 spiro atoms. The van der Waals surface area contributed by atoms with Gasteiger partial charge in [-0.1, -0.05) is 0 Å². The second kappa shape index (κ2) is 7.24. The lowest BCUT2D eigenvalue weighted by atomic mass is 10.3. The number of hydrogen-bond donors (Lipinski definition) is 1. The van der Waals surface area contributed by atoms with E-state index in [-0.39, 0.29) is 18.3 Å². The van der Waals surface area contributed by atoms with E-state index in [1.807, 2.05) is 14.0 Å². The summed E-state index contributed by atoms with van der Waals surface area (Å²) in [5, 5.41) is 7.08. The Bertz CT molecular complexity index is 326. The first-order valence-electron chi connectivity index (χ1n) is 5.11. The van der Waals surface area contributed by atoms with Gasteiger partial charge in [-0.25, -0.2) is 0 Å². The third-order valence-electron chi connectivity index (χ3n) is 2.25. The van der Waals surface area contributed by atoms with E-state index in [9.17, 15) is 4.79 Å². The molecule has 1 N–H and O–H groups in total. The minimum Gasteiger partial charge on any atom is -0.340 e. The molecule has 0 radical (unpaired) electrons. The van der Waals surface area contributed by atoms with Crippen molar-refractivity contribution in [1.29, 1.82) is 0 Å². The van der Waals surface area contributed by atoms with E-state index in [1.165, 1.54) is 0 Å².